The fourth-order valence-electron chi connectivity index (χ4n) is 3.03. The fourth-order valence-corrected chi connectivity index (χ4v) is 3.03. The molecule has 1 atom stereocenters. The number of rotatable bonds is 10. The van der Waals surface area contributed by atoms with E-state index in [1.807, 2.05) is 6.08 Å². The standard InChI is InChI=1S/C17H32NO2/c1-4-12-18(6-3,13-5-2)14-15-20-17(19)16-10-8-7-9-11-16/h8,10-11,17,19H,4-7,9,12-15H2,1-3H3/q+1. The summed E-state index contributed by atoms with van der Waals surface area (Å²) in [6.07, 6.45) is 9.87. The number of likely N-dealkylation sites (N-methyl/N-ethyl adjacent to an activating group) is 1. The lowest BCUT2D eigenvalue weighted by Gasteiger charge is -2.37. The zero-order valence-electron chi connectivity index (χ0n) is 13.5. The highest BCUT2D eigenvalue weighted by atomic mass is 16.6. The van der Waals surface area contributed by atoms with Gasteiger partial charge < -0.3 is 14.3 Å². The molecule has 1 rings (SSSR count). The van der Waals surface area contributed by atoms with Gasteiger partial charge in [0.15, 0.2) is 6.29 Å². The van der Waals surface area contributed by atoms with E-state index in [-0.39, 0.29) is 0 Å². The van der Waals surface area contributed by atoms with Gasteiger partial charge in [0.05, 0.1) is 26.2 Å². The van der Waals surface area contributed by atoms with Gasteiger partial charge in [-0.15, -0.1) is 0 Å². The van der Waals surface area contributed by atoms with Crippen LogP contribution < -0.4 is 0 Å². The smallest absolute Gasteiger partial charge is 0.181 e. The van der Waals surface area contributed by atoms with Crippen molar-refractivity contribution >= 4 is 0 Å². The third-order valence-electron chi connectivity index (χ3n) is 4.22. The van der Waals surface area contributed by atoms with Crippen molar-refractivity contribution in [2.75, 3.05) is 32.8 Å². The lowest BCUT2D eigenvalue weighted by Crippen LogP contribution is -2.51. The van der Waals surface area contributed by atoms with E-state index in [0.29, 0.717) is 6.61 Å². The predicted molar refractivity (Wildman–Crippen MR) is 84.4 cm³/mol. The van der Waals surface area contributed by atoms with Crippen LogP contribution in [-0.4, -0.2) is 48.7 Å². The van der Waals surface area contributed by atoms with Gasteiger partial charge in [0, 0.05) is 5.57 Å². The highest BCUT2D eigenvalue weighted by Crippen LogP contribution is 2.15. The third kappa shape index (κ3) is 5.39. The Morgan fingerprint density at radius 3 is 2.35 bits per heavy atom. The van der Waals surface area contributed by atoms with E-state index in [2.05, 4.69) is 32.9 Å². The molecule has 0 aromatic rings. The molecule has 0 fully saturated rings. The molecule has 0 aromatic carbocycles. The molecule has 116 valence electrons. The lowest BCUT2D eigenvalue weighted by atomic mass is 10.1. The van der Waals surface area contributed by atoms with Gasteiger partial charge in [0.2, 0.25) is 0 Å². The first kappa shape index (κ1) is 17.4. The summed E-state index contributed by atoms with van der Waals surface area (Å²) < 4.78 is 6.76. The first-order valence-electron chi connectivity index (χ1n) is 8.18. The summed E-state index contributed by atoms with van der Waals surface area (Å²) in [5.41, 5.74) is 0.914. The second-order valence-corrected chi connectivity index (χ2v) is 5.74. The number of nitrogens with zero attached hydrogens (tertiary/aromatic N) is 1. The van der Waals surface area contributed by atoms with E-state index < -0.39 is 6.29 Å². The number of hydrogen-bond acceptors (Lipinski definition) is 2. The summed E-state index contributed by atoms with van der Waals surface area (Å²) >= 11 is 0. The predicted octanol–water partition coefficient (Wildman–Crippen LogP) is 3.25. The molecule has 1 N–H and O–H groups in total. The first-order chi connectivity index (χ1) is 9.67. The van der Waals surface area contributed by atoms with Crippen molar-refractivity contribution < 1.29 is 14.3 Å². The molecule has 20 heavy (non-hydrogen) atoms. The Balaban J connectivity index is 2.43. The molecule has 0 heterocycles. The van der Waals surface area contributed by atoms with Gasteiger partial charge in [0.25, 0.3) is 0 Å². The zero-order valence-corrected chi connectivity index (χ0v) is 13.5. The van der Waals surface area contributed by atoms with E-state index in [4.69, 9.17) is 4.74 Å². The minimum absolute atomic E-state index is 0.625. The summed E-state index contributed by atoms with van der Waals surface area (Å²) in [5.74, 6) is 0. The van der Waals surface area contributed by atoms with Gasteiger partial charge in [-0.25, -0.2) is 0 Å². The second kappa shape index (κ2) is 9.32. The van der Waals surface area contributed by atoms with Crippen LogP contribution >= 0.6 is 0 Å². The van der Waals surface area contributed by atoms with Crippen molar-refractivity contribution in [3.8, 4) is 0 Å². The average Bonchev–Trinajstić information content (AvgIpc) is 2.48. The monoisotopic (exact) mass is 282 g/mol. The van der Waals surface area contributed by atoms with Gasteiger partial charge in [0.1, 0.15) is 6.54 Å². The molecule has 1 aliphatic rings. The number of ether oxygens (including phenoxy) is 1. The Kier molecular flexibility index (Phi) is 8.12. The van der Waals surface area contributed by atoms with E-state index in [1.54, 1.807) is 0 Å². The molecule has 1 unspecified atom stereocenters. The maximum Gasteiger partial charge on any atom is 0.181 e. The van der Waals surface area contributed by atoms with Gasteiger partial charge in [-0.2, -0.15) is 0 Å². The van der Waals surface area contributed by atoms with Crippen LogP contribution in [0.2, 0.25) is 0 Å². The van der Waals surface area contributed by atoms with Gasteiger partial charge in [-0.3, -0.25) is 0 Å². The highest BCUT2D eigenvalue weighted by Gasteiger charge is 2.23. The van der Waals surface area contributed by atoms with Crippen LogP contribution in [0.15, 0.2) is 23.8 Å². The Bertz CT molecular complexity index is 317. The molecule has 0 radical (unpaired) electrons. The molecular formula is C17H32NO2+. The summed E-state index contributed by atoms with van der Waals surface area (Å²) in [5, 5.41) is 10.1. The SMILES string of the molecule is CCC[N+](CC)(CCC)CCOC(O)C1=CCCC=C1. The lowest BCUT2D eigenvalue weighted by molar-refractivity contribution is -0.927. The molecule has 0 saturated heterocycles. The Morgan fingerprint density at radius 1 is 1.15 bits per heavy atom. The second-order valence-electron chi connectivity index (χ2n) is 5.74. The maximum atomic E-state index is 10.1. The number of hydrogen-bond donors (Lipinski definition) is 1. The molecular weight excluding hydrogens is 250 g/mol. The quantitative estimate of drug-likeness (QED) is 0.492. The third-order valence-corrected chi connectivity index (χ3v) is 4.22. The minimum atomic E-state index is -0.756. The van der Waals surface area contributed by atoms with Crippen LogP contribution in [-0.2, 0) is 4.74 Å². The van der Waals surface area contributed by atoms with Gasteiger partial charge in [-0.1, -0.05) is 32.1 Å². The fraction of sp³-hybridized carbons (Fsp3) is 0.765. The van der Waals surface area contributed by atoms with Gasteiger partial charge in [-0.05, 0) is 32.6 Å². The molecule has 3 nitrogen and oxygen atoms in total. The molecule has 0 saturated carbocycles. The summed E-state index contributed by atoms with van der Waals surface area (Å²) in [7, 11) is 0. The molecule has 1 aliphatic carbocycles. The topological polar surface area (TPSA) is 29.5 Å². The zero-order chi connectivity index (χ0) is 14.8. The number of quaternary nitrogens is 1. The Labute approximate surface area is 124 Å². The number of allylic oxidation sites excluding steroid dienone is 2. The van der Waals surface area contributed by atoms with E-state index in [9.17, 15) is 5.11 Å². The normalized spacial score (nSPS) is 17.1. The average molecular weight is 282 g/mol. The molecule has 0 amide bonds. The van der Waals surface area contributed by atoms with Crippen LogP contribution in [0, 0.1) is 0 Å². The van der Waals surface area contributed by atoms with Crippen LogP contribution in [0.4, 0.5) is 0 Å². The van der Waals surface area contributed by atoms with E-state index >= 15 is 0 Å². The number of aliphatic hydroxyl groups excluding tert-OH is 1. The number of aliphatic hydroxyl groups is 1. The summed E-state index contributed by atoms with van der Waals surface area (Å²) in [6, 6.07) is 0. The summed E-state index contributed by atoms with van der Waals surface area (Å²) in [6.45, 7) is 11.9. The molecule has 0 aromatic heterocycles. The molecule has 0 spiro atoms. The van der Waals surface area contributed by atoms with Crippen molar-refractivity contribution in [3.63, 3.8) is 0 Å². The Morgan fingerprint density at radius 2 is 1.85 bits per heavy atom. The van der Waals surface area contributed by atoms with E-state index in [1.165, 1.54) is 25.9 Å². The maximum absolute atomic E-state index is 10.1. The summed E-state index contributed by atoms with van der Waals surface area (Å²) in [4.78, 5) is 0. The van der Waals surface area contributed by atoms with Crippen molar-refractivity contribution in [2.24, 2.45) is 0 Å². The molecule has 0 bridgehead atoms. The van der Waals surface area contributed by atoms with Crippen LogP contribution in [0.1, 0.15) is 46.5 Å². The first-order valence-corrected chi connectivity index (χ1v) is 8.18. The largest absolute Gasteiger partial charge is 0.364 e. The van der Waals surface area contributed by atoms with Crippen molar-refractivity contribution in [3.05, 3.63) is 23.8 Å². The van der Waals surface area contributed by atoms with Crippen LogP contribution in [0.25, 0.3) is 0 Å². The Hall–Kier alpha value is -0.640. The van der Waals surface area contributed by atoms with Crippen molar-refractivity contribution in [1.82, 2.24) is 0 Å². The molecule has 0 aliphatic heterocycles. The van der Waals surface area contributed by atoms with Crippen LogP contribution in [0.5, 0.6) is 0 Å². The van der Waals surface area contributed by atoms with E-state index in [0.717, 1.165) is 36.0 Å². The van der Waals surface area contributed by atoms with Crippen LogP contribution in [0.3, 0.4) is 0 Å². The highest BCUT2D eigenvalue weighted by molar-refractivity contribution is 5.24. The van der Waals surface area contributed by atoms with Crippen molar-refractivity contribution in [1.29, 1.82) is 0 Å². The minimum Gasteiger partial charge on any atom is -0.364 e. The molecule has 3 heteroatoms. The van der Waals surface area contributed by atoms with Gasteiger partial charge >= 0.3 is 0 Å². The van der Waals surface area contributed by atoms with Crippen molar-refractivity contribution in [2.45, 2.75) is 52.7 Å².